The minimum atomic E-state index is -1.50. The Kier molecular flexibility index (Phi) is 5.76. The number of benzene rings is 2. The van der Waals surface area contributed by atoms with E-state index < -0.39 is 7.12 Å². The monoisotopic (exact) mass is 403 g/mol. The highest BCUT2D eigenvalue weighted by molar-refractivity contribution is 6.58. The fourth-order valence-corrected chi connectivity index (χ4v) is 3.52. The van der Waals surface area contributed by atoms with Gasteiger partial charge in [0.25, 0.3) is 0 Å². The first kappa shape index (κ1) is 20.0. The smallest absolute Gasteiger partial charge is 0.423 e. The average Bonchev–Trinajstić information content (AvgIpc) is 3.10. The van der Waals surface area contributed by atoms with Gasteiger partial charge in [0.2, 0.25) is 5.95 Å². The first-order valence-corrected chi connectivity index (χ1v) is 9.54. The summed E-state index contributed by atoms with van der Waals surface area (Å²) in [4.78, 5) is 16.6. The Morgan fingerprint density at radius 3 is 2.77 bits per heavy atom. The highest BCUT2D eigenvalue weighted by Gasteiger charge is 2.16. The van der Waals surface area contributed by atoms with Crippen LogP contribution in [0.1, 0.15) is 16.8 Å². The molecule has 2 heterocycles. The number of hydrogen-bond acceptors (Lipinski definition) is 7. The number of nitrogens with one attached hydrogen (secondary N) is 2. The third-order valence-corrected chi connectivity index (χ3v) is 4.90. The number of hydrogen-bond donors (Lipinski definition) is 4. The van der Waals surface area contributed by atoms with E-state index >= 15 is 0 Å². The fraction of sp³-hybridized carbons (Fsp3) is 0.190. The Balaban J connectivity index is 1.62. The topological polar surface area (TPSA) is 116 Å². The second kappa shape index (κ2) is 8.62. The van der Waals surface area contributed by atoms with Gasteiger partial charge >= 0.3 is 7.12 Å². The minimum Gasteiger partial charge on any atom is -0.423 e. The van der Waals surface area contributed by atoms with Gasteiger partial charge in [0, 0.05) is 35.9 Å². The molecule has 0 saturated heterocycles. The quantitative estimate of drug-likeness (QED) is 0.348. The van der Waals surface area contributed by atoms with E-state index in [1.807, 2.05) is 31.2 Å². The molecule has 30 heavy (non-hydrogen) atoms. The van der Waals surface area contributed by atoms with Gasteiger partial charge in [-0.15, -0.1) is 0 Å². The van der Waals surface area contributed by atoms with Gasteiger partial charge in [0.1, 0.15) is 6.33 Å². The van der Waals surface area contributed by atoms with E-state index in [0.717, 1.165) is 33.3 Å². The van der Waals surface area contributed by atoms with Gasteiger partial charge in [-0.3, -0.25) is 0 Å². The number of fused-ring (bicyclic) bond motifs is 1. The lowest BCUT2D eigenvalue weighted by Gasteiger charge is -2.08. The number of nitrogens with zero attached hydrogens (tertiary/aromatic N) is 3. The largest absolute Gasteiger partial charge is 0.488 e. The summed E-state index contributed by atoms with van der Waals surface area (Å²) < 4.78 is 5.30. The summed E-state index contributed by atoms with van der Waals surface area (Å²) in [7, 11) is 0.178. The van der Waals surface area contributed by atoms with Crippen molar-refractivity contribution >= 4 is 29.4 Å². The number of anilines is 1. The molecule has 0 aliphatic carbocycles. The summed E-state index contributed by atoms with van der Waals surface area (Å²) in [5.74, 6) is 1.02. The zero-order chi connectivity index (χ0) is 21.1. The number of aromatic nitrogens is 4. The number of methoxy groups -OCH3 is 1. The van der Waals surface area contributed by atoms with Gasteiger partial charge in [-0.2, -0.15) is 4.98 Å². The lowest BCUT2D eigenvalue weighted by Crippen LogP contribution is -2.30. The van der Waals surface area contributed by atoms with Crippen LogP contribution in [0.2, 0.25) is 0 Å². The SMILES string of the molecule is COCc1cccc2c(-c3ncnc(NCc4cccc(B(O)O)c4)n3)c(C)[nH]c12. The van der Waals surface area contributed by atoms with Crippen molar-refractivity contribution in [3.63, 3.8) is 0 Å². The third-order valence-electron chi connectivity index (χ3n) is 4.90. The number of aryl methyl sites for hydroxylation is 1. The molecule has 4 aromatic rings. The third kappa shape index (κ3) is 4.04. The van der Waals surface area contributed by atoms with Gasteiger partial charge < -0.3 is 25.1 Å². The zero-order valence-electron chi connectivity index (χ0n) is 16.8. The molecule has 0 atom stereocenters. The van der Waals surface area contributed by atoms with Crippen molar-refractivity contribution in [3.05, 3.63) is 65.6 Å². The van der Waals surface area contributed by atoms with E-state index in [0.29, 0.717) is 30.4 Å². The van der Waals surface area contributed by atoms with Crippen molar-refractivity contribution in [1.82, 2.24) is 19.9 Å². The van der Waals surface area contributed by atoms with Gasteiger partial charge in [-0.1, -0.05) is 42.5 Å². The van der Waals surface area contributed by atoms with Crippen molar-refractivity contribution in [3.8, 4) is 11.4 Å². The summed E-state index contributed by atoms with van der Waals surface area (Å²) in [5.41, 5.74) is 5.31. The molecule has 0 unspecified atom stereocenters. The predicted octanol–water partition coefficient (Wildman–Crippen LogP) is 1.77. The summed E-state index contributed by atoms with van der Waals surface area (Å²) in [6, 6.07) is 13.1. The molecule has 152 valence electrons. The van der Waals surface area contributed by atoms with E-state index in [4.69, 9.17) is 4.74 Å². The highest BCUT2D eigenvalue weighted by atomic mass is 16.5. The van der Waals surface area contributed by atoms with E-state index in [1.54, 1.807) is 25.3 Å². The van der Waals surface area contributed by atoms with Crippen LogP contribution in [-0.4, -0.2) is 44.2 Å². The summed E-state index contributed by atoms with van der Waals surface area (Å²) in [6.07, 6.45) is 1.48. The first-order valence-electron chi connectivity index (χ1n) is 9.54. The van der Waals surface area contributed by atoms with Crippen molar-refractivity contribution < 1.29 is 14.8 Å². The molecule has 0 fully saturated rings. The Bertz CT molecular complexity index is 1180. The standard InChI is InChI=1S/C21H22BN5O3/c1-13-18(17-8-4-6-15(11-30-2)19(17)26-13)20-24-12-25-21(27-20)23-10-14-5-3-7-16(9-14)22(28)29/h3-9,12,26,28-29H,10-11H2,1-2H3,(H,23,24,25,27). The van der Waals surface area contributed by atoms with Crippen molar-refractivity contribution in [2.45, 2.75) is 20.1 Å². The summed E-state index contributed by atoms with van der Waals surface area (Å²) in [6.45, 7) is 2.95. The Labute approximate surface area is 174 Å². The molecule has 2 aromatic carbocycles. The molecule has 0 spiro atoms. The normalized spacial score (nSPS) is 11.1. The number of para-hydroxylation sites is 1. The molecule has 4 rings (SSSR count). The molecule has 0 saturated carbocycles. The van der Waals surface area contributed by atoms with Crippen LogP contribution < -0.4 is 10.8 Å². The Morgan fingerprint density at radius 2 is 1.97 bits per heavy atom. The van der Waals surface area contributed by atoms with Crippen LogP contribution >= 0.6 is 0 Å². The van der Waals surface area contributed by atoms with Crippen molar-refractivity contribution in [2.75, 3.05) is 12.4 Å². The van der Waals surface area contributed by atoms with Crippen LogP contribution in [0.25, 0.3) is 22.3 Å². The number of rotatable bonds is 7. The highest BCUT2D eigenvalue weighted by Crippen LogP contribution is 2.32. The van der Waals surface area contributed by atoms with Crippen LogP contribution in [0.5, 0.6) is 0 Å². The van der Waals surface area contributed by atoms with Crippen molar-refractivity contribution in [1.29, 1.82) is 0 Å². The molecule has 0 bridgehead atoms. The summed E-state index contributed by atoms with van der Waals surface area (Å²) >= 11 is 0. The Morgan fingerprint density at radius 1 is 1.13 bits per heavy atom. The van der Waals surface area contributed by atoms with E-state index in [2.05, 4.69) is 25.3 Å². The fourth-order valence-electron chi connectivity index (χ4n) is 3.52. The second-order valence-corrected chi connectivity index (χ2v) is 7.00. The molecular weight excluding hydrogens is 381 g/mol. The van der Waals surface area contributed by atoms with E-state index in [9.17, 15) is 10.0 Å². The Hall–Kier alpha value is -3.27. The second-order valence-electron chi connectivity index (χ2n) is 7.00. The van der Waals surface area contributed by atoms with Gasteiger partial charge in [0.05, 0.1) is 12.1 Å². The molecular formula is C21H22BN5O3. The maximum Gasteiger partial charge on any atom is 0.488 e. The molecule has 0 amide bonds. The van der Waals surface area contributed by atoms with E-state index in [-0.39, 0.29) is 0 Å². The molecule has 4 N–H and O–H groups in total. The maximum atomic E-state index is 9.33. The van der Waals surface area contributed by atoms with Crippen LogP contribution in [0.15, 0.2) is 48.8 Å². The lowest BCUT2D eigenvalue weighted by atomic mass is 9.80. The lowest BCUT2D eigenvalue weighted by molar-refractivity contribution is 0.186. The molecule has 8 nitrogen and oxygen atoms in total. The summed E-state index contributed by atoms with van der Waals surface area (Å²) in [5, 5.41) is 22.9. The number of H-pyrrole nitrogens is 1. The molecule has 0 radical (unpaired) electrons. The van der Waals surface area contributed by atoms with Crippen LogP contribution in [-0.2, 0) is 17.9 Å². The maximum absolute atomic E-state index is 9.33. The molecule has 0 aliphatic rings. The van der Waals surface area contributed by atoms with Crippen LogP contribution in [0.3, 0.4) is 0 Å². The predicted molar refractivity (Wildman–Crippen MR) is 116 cm³/mol. The minimum absolute atomic E-state index is 0.437. The molecule has 2 aromatic heterocycles. The van der Waals surface area contributed by atoms with Crippen LogP contribution in [0.4, 0.5) is 5.95 Å². The van der Waals surface area contributed by atoms with E-state index in [1.165, 1.54) is 6.33 Å². The first-order chi connectivity index (χ1) is 14.6. The molecule has 9 heteroatoms. The molecule has 0 aliphatic heterocycles. The van der Waals surface area contributed by atoms with Crippen molar-refractivity contribution in [2.24, 2.45) is 0 Å². The van der Waals surface area contributed by atoms with Gasteiger partial charge in [-0.05, 0) is 17.9 Å². The van der Waals surface area contributed by atoms with Crippen LogP contribution in [0, 0.1) is 6.92 Å². The average molecular weight is 403 g/mol. The zero-order valence-corrected chi connectivity index (χ0v) is 16.8. The van der Waals surface area contributed by atoms with Gasteiger partial charge in [0.15, 0.2) is 5.82 Å². The number of ether oxygens (including phenoxy) is 1. The number of aromatic amines is 1. The van der Waals surface area contributed by atoms with Gasteiger partial charge in [-0.25, -0.2) is 9.97 Å².